The van der Waals surface area contributed by atoms with E-state index < -0.39 is 17.5 Å². The van der Waals surface area contributed by atoms with Crippen molar-refractivity contribution >= 4 is 17.4 Å². The third kappa shape index (κ3) is 4.80. The third-order valence-corrected chi connectivity index (χ3v) is 5.14. The van der Waals surface area contributed by atoms with E-state index in [2.05, 4.69) is 20.1 Å². The summed E-state index contributed by atoms with van der Waals surface area (Å²) in [6.45, 7) is 4.55. The van der Waals surface area contributed by atoms with Crippen LogP contribution in [0.1, 0.15) is 15.9 Å². The molecule has 1 aliphatic rings. The van der Waals surface area contributed by atoms with Crippen molar-refractivity contribution in [3.8, 4) is 0 Å². The summed E-state index contributed by atoms with van der Waals surface area (Å²) in [7, 11) is 0. The van der Waals surface area contributed by atoms with Crippen LogP contribution in [0.5, 0.6) is 0 Å². The van der Waals surface area contributed by atoms with Gasteiger partial charge in [0.1, 0.15) is 17.5 Å². The van der Waals surface area contributed by atoms with Gasteiger partial charge in [-0.2, -0.15) is 0 Å². The van der Waals surface area contributed by atoms with Crippen LogP contribution in [0.25, 0.3) is 0 Å². The number of piperazine rings is 1. The zero-order chi connectivity index (χ0) is 20.9. The maximum atomic E-state index is 13.8. The van der Waals surface area contributed by atoms with Gasteiger partial charge in [0.15, 0.2) is 0 Å². The molecule has 30 heavy (non-hydrogen) atoms. The van der Waals surface area contributed by atoms with Crippen molar-refractivity contribution in [1.29, 1.82) is 0 Å². The number of nitrogens with zero attached hydrogens (tertiary/aromatic N) is 3. The summed E-state index contributed by atoms with van der Waals surface area (Å²) < 4.78 is 26.8. The first kappa shape index (κ1) is 20.0. The second-order valence-corrected chi connectivity index (χ2v) is 7.23. The van der Waals surface area contributed by atoms with Crippen molar-refractivity contribution in [2.75, 3.05) is 36.4 Å². The number of carbonyl (C=O) groups is 1. The Bertz CT molecular complexity index is 1000. The van der Waals surface area contributed by atoms with Gasteiger partial charge in [-0.3, -0.25) is 9.69 Å². The van der Waals surface area contributed by atoms with E-state index in [9.17, 15) is 13.6 Å². The molecule has 3 aromatic rings. The minimum atomic E-state index is -0.881. The van der Waals surface area contributed by atoms with Gasteiger partial charge in [-0.1, -0.05) is 18.2 Å². The number of halogens is 2. The Morgan fingerprint density at radius 1 is 0.967 bits per heavy atom. The first-order valence-electron chi connectivity index (χ1n) is 9.82. The number of carbonyl (C=O) groups excluding carboxylic acids is 1. The van der Waals surface area contributed by atoms with Crippen LogP contribution in [0, 0.1) is 11.6 Å². The molecule has 0 bridgehead atoms. The van der Waals surface area contributed by atoms with Gasteiger partial charge >= 0.3 is 0 Å². The molecule has 0 aliphatic carbocycles. The molecular weight excluding hydrogens is 386 g/mol. The predicted molar refractivity (Wildman–Crippen MR) is 112 cm³/mol. The average Bonchev–Trinajstić information content (AvgIpc) is 2.76. The largest absolute Gasteiger partial charge is 0.354 e. The van der Waals surface area contributed by atoms with Gasteiger partial charge in [0.25, 0.3) is 5.91 Å². The van der Waals surface area contributed by atoms with Crippen molar-refractivity contribution in [3.63, 3.8) is 0 Å². The first-order valence-corrected chi connectivity index (χ1v) is 9.82. The minimum absolute atomic E-state index is 0.189. The number of rotatable bonds is 5. The Morgan fingerprint density at radius 3 is 2.40 bits per heavy atom. The van der Waals surface area contributed by atoms with E-state index >= 15 is 0 Å². The number of pyridine rings is 1. The first-order chi connectivity index (χ1) is 14.6. The fraction of sp³-hybridized carbons (Fsp3) is 0.217. The van der Waals surface area contributed by atoms with Crippen molar-refractivity contribution in [3.05, 3.63) is 89.6 Å². The highest BCUT2D eigenvalue weighted by Gasteiger charge is 2.18. The number of hydrogen-bond donors (Lipinski definition) is 1. The molecule has 2 heterocycles. The Morgan fingerprint density at radius 2 is 1.73 bits per heavy atom. The number of amides is 1. The van der Waals surface area contributed by atoms with E-state index in [0.717, 1.165) is 56.2 Å². The highest BCUT2D eigenvalue weighted by Crippen LogP contribution is 2.17. The van der Waals surface area contributed by atoms with Crippen molar-refractivity contribution in [1.82, 2.24) is 9.88 Å². The lowest BCUT2D eigenvalue weighted by atomic mass is 10.1. The molecule has 1 N–H and O–H groups in total. The molecule has 0 spiro atoms. The Hall–Kier alpha value is -3.32. The maximum absolute atomic E-state index is 13.8. The molecule has 0 radical (unpaired) electrons. The molecule has 1 saturated heterocycles. The lowest BCUT2D eigenvalue weighted by molar-refractivity contribution is 0.102. The highest BCUT2D eigenvalue weighted by atomic mass is 19.1. The minimum Gasteiger partial charge on any atom is -0.354 e. The number of benzene rings is 2. The summed E-state index contributed by atoms with van der Waals surface area (Å²) in [4.78, 5) is 21.3. The molecule has 154 valence electrons. The topological polar surface area (TPSA) is 48.5 Å². The van der Waals surface area contributed by atoms with Crippen LogP contribution >= 0.6 is 0 Å². The zero-order valence-corrected chi connectivity index (χ0v) is 16.4. The van der Waals surface area contributed by atoms with Gasteiger partial charge < -0.3 is 10.2 Å². The zero-order valence-electron chi connectivity index (χ0n) is 16.4. The van der Waals surface area contributed by atoms with E-state index in [1.54, 1.807) is 12.1 Å². The van der Waals surface area contributed by atoms with E-state index in [0.29, 0.717) is 11.8 Å². The molecule has 1 amide bonds. The van der Waals surface area contributed by atoms with Crippen molar-refractivity contribution < 1.29 is 13.6 Å². The van der Waals surface area contributed by atoms with E-state index in [1.165, 1.54) is 0 Å². The summed E-state index contributed by atoms with van der Waals surface area (Å²) >= 11 is 0. The molecule has 1 aromatic heterocycles. The van der Waals surface area contributed by atoms with Crippen LogP contribution in [0.2, 0.25) is 0 Å². The van der Waals surface area contributed by atoms with Crippen LogP contribution in [0.3, 0.4) is 0 Å². The fourth-order valence-corrected chi connectivity index (χ4v) is 3.50. The molecule has 0 saturated carbocycles. The number of nitrogens with one attached hydrogen (secondary N) is 1. The summed E-state index contributed by atoms with van der Waals surface area (Å²) in [5.41, 5.74) is 1.51. The molecule has 1 fully saturated rings. The monoisotopic (exact) mass is 408 g/mol. The van der Waals surface area contributed by atoms with Crippen LogP contribution in [0.15, 0.2) is 66.9 Å². The van der Waals surface area contributed by atoms with Crippen LogP contribution in [-0.4, -0.2) is 42.0 Å². The molecule has 4 rings (SSSR count). The predicted octanol–water partition coefficient (Wildman–Crippen LogP) is 3.93. The Balaban J connectivity index is 1.30. The van der Waals surface area contributed by atoms with Gasteiger partial charge in [-0.05, 0) is 42.0 Å². The highest BCUT2D eigenvalue weighted by molar-refractivity contribution is 6.04. The van der Waals surface area contributed by atoms with E-state index in [-0.39, 0.29) is 5.56 Å². The van der Waals surface area contributed by atoms with Gasteiger partial charge in [0, 0.05) is 50.7 Å². The second-order valence-electron chi connectivity index (χ2n) is 7.23. The third-order valence-electron chi connectivity index (χ3n) is 5.14. The summed E-state index contributed by atoms with van der Waals surface area (Å²) in [5, 5.41) is 2.64. The molecule has 2 aromatic carbocycles. The summed E-state index contributed by atoms with van der Waals surface area (Å²) in [5.74, 6) is -1.19. The van der Waals surface area contributed by atoms with Crippen molar-refractivity contribution in [2.45, 2.75) is 6.54 Å². The summed E-state index contributed by atoms with van der Waals surface area (Å²) in [6.07, 6.45) is 1.81. The Kier molecular flexibility index (Phi) is 5.99. The van der Waals surface area contributed by atoms with Crippen molar-refractivity contribution in [2.24, 2.45) is 0 Å². The van der Waals surface area contributed by atoms with Gasteiger partial charge in [0.2, 0.25) is 0 Å². The lowest BCUT2D eigenvalue weighted by Crippen LogP contribution is -2.46. The Labute approximate surface area is 174 Å². The standard InChI is InChI=1S/C23H22F2N4O/c24-18-6-9-20(21(25)15-18)23(30)27-19-7-4-17(5-8-19)16-28-11-13-29(14-12-28)22-3-1-2-10-26-22/h1-10,15H,11-14,16H2,(H,27,30). The summed E-state index contributed by atoms with van der Waals surface area (Å²) in [6, 6.07) is 16.3. The average molecular weight is 408 g/mol. The molecule has 0 atom stereocenters. The lowest BCUT2D eigenvalue weighted by Gasteiger charge is -2.35. The van der Waals surface area contributed by atoms with Gasteiger partial charge in [0.05, 0.1) is 5.56 Å². The number of aromatic nitrogens is 1. The second kappa shape index (κ2) is 9.00. The van der Waals surface area contributed by atoms with Crippen LogP contribution in [-0.2, 0) is 6.54 Å². The fourth-order valence-electron chi connectivity index (χ4n) is 3.50. The van der Waals surface area contributed by atoms with Crippen LogP contribution < -0.4 is 10.2 Å². The van der Waals surface area contributed by atoms with Gasteiger partial charge in [-0.15, -0.1) is 0 Å². The maximum Gasteiger partial charge on any atom is 0.258 e. The molecule has 1 aliphatic heterocycles. The van der Waals surface area contributed by atoms with E-state index in [1.807, 2.05) is 36.5 Å². The molecule has 5 nitrogen and oxygen atoms in total. The molecule has 0 unspecified atom stereocenters. The SMILES string of the molecule is O=C(Nc1ccc(CN2CCN(c3ccccn3)CC2)cc1)c1ccc(F)cc1F. The van der Waals surface area contributed by atoms with E-state index in [4.69, 9.17) is 0 Å². The number of anilines is 2. The normalized spacial score (nSPS) is 14.5. The van der Waals surface area contributed by atoms with Gasteiger partial charge in [-0.25, -0.2) is 13.8 Å². The smallest absolute Gasteiger partial charge is 0.258 e. The number of hydrogen-bond acceptors (Lipinski definition) is 4. The molecular formula is C23H22F2N4O. The van der Waals surface area contributed by atoms with Crippen LogP contribution in [0.4, 0.5) is 20.3 Å². The quantitative estimate of drug-likeness (QED) is 0.695. The molecule has 7 heteroatoms.